The van der Waals surface area contributed by atoms with Gasteiger partial charge in [-0.1, -0.05) is 19.2 Å². The number of hydrogen-bond acceptors (Lipinski definition) is 3. The molecule has 80 valence electrons. The minimum Gasteiger partial charge on any atom is -0.394 e. The van der Waals surface area contributed by atoms with E-state index in [9.17, 15) is 0 Å². The lowest BCUT2D eigenvalue weighted by molar-refractivity contribution is 0.0967. The molecule has 4 heteroatoms. The van der Waals surface area contributed by atoms with Crippen molar-refractivity contribution in [1.82, 2.24) is 5.32 Å². The third-order valence-corrected chi connectivity index (χ3v) is 1.81. The monoisotopic (exact) mass is 215 g/mol. The standard InChI is InChI=1S/C10H18NO2P/c1-7(4-8(2)14)9(3)11-5-10(13)6-12/h4,10-13H,2-3,5-6,14H2,1H3/b7-4-. The Morgan fingerprint density at radius 2 is 2.14 bits per heavy atom. The second-order valence-electron chi connectivity index (χ2n) is 3.10. The van der Waals surface area contributed by atoms with Crippen LogP contribution in [0.4, 0.5) is 0 Å². The van der Waals surface area contributed by atoms with E-state index < -0.39 is 6.10 Å². The summed E-state index contributed by atoms with van der Waals surface area (Å²) in [6.45, 7) is 9.45. The van der Waals surface area contributed by atoms with Crippen LogP contribution in [0, 0.1) is 0 Å². The lowest BCUT2D eigenvalue weighted by Crippen LogP contribution is -2.28. The summed E-state index contributed by atoms with van der Waals surface area (Å²) in [5.74, 6) is 0. The molecule has 0 saturated heterocycles. The Hall–Kier alpha value is -0.630. The second-order valence-corrected chi connectivity index (χ2v) is 3.84. The third kappa shape index (κ3) is 5.92. The highest BCUT2D eigenvalue weighted by Crippen LogP contribution is 2.11. The molecule has 0 aromatic heterocycles. The van der Waals surface area contributed by atoms with E-state index in [-0.39, 0.29) is 6.61 Å². The molecule has 0 radical (unpaired) electrons. The number of rotatable bonds is 6. The highest BCUT2D eigenvalue weighted by atomic mass is 31.0. The number of nitrogens with one attached hydrogen (secondary N) is 1. The molecule has 0 aliphatic carbocycles. The quantitative estimate of drug-likeness (QED) is 0.453. The van der Waals surface area contributed by atoms with Crippen LogP contribution >= 0.6 is 9.24 Å². The van der Waals surface area contributed by atoms with Gasteiger partial charge in [0, 0.05) is 12.2 Å². The van der Waals surface area contributed by atoms with Gasteiger partial charge in [-0.2, -0.15) is 0 Å². The van der Waals surface area contributed by atoms with Crippen molar-refractivity contribution in [1.29, 1.82) is 0 Å². The molecule has 14 heavy (non-hydrogen) atoms. The lowest BCUT2D eigenvalue weighted by atomic mass is 10.2. The van der Waals surface area contributed by atoms with E-state index in [2.05, 4.69) is 27.7 Å². The molecule has 0 aliphatic rings. The topological polar surface area (TPSA) is 52.5 Å². The maximum atomic E-state index is 9.08. The molecule has 0 aliphatic heterocycles. The zero-order valence-electron chi connectivity index (χ0n) is 8.45. The van der Waals surface area contributed by atoms with Gasteiger partial charge >= 0.3 is 0 Å². The van der Waals surface area contributed by atoms with Gasteiger partial charge in [0.15, 0.2) is 0 Å². The number of hydrogen-bond donors (Lipinski definition) is 3. The molecule has 0 spiro atoms. The SMILES string of the molecule is C=C(P)/C=C(/C)C(=C)NCC(O)CO. The third-order valence-electron chi connectivity index (χ3n) is 1.64. The van der Waals surface area contributed by atoms with Crippen LogP contribution in [0.2, 0.25) is 0 Å². The van der Waals surface area contributed by atoms with Crippen LogP contribution in [0.25, 0.3) is 0 Å². The summed E-state index contributed by atoms with van der Waals surface area (Å²) >= 11 is 0. The van der Waals surface area contributed by atoms with Gasteiger partial charge in [-0.25, -0.2) is 0 Å². The molecule has 3 N–H and O–H groups in total. The van der Waals surface area contributed by atoms with Gasteiger partial charge in [0.1, 0.15) is 0 Å². The minimum atomic E-state index is -0.751. The summed E-state index contributed by atoms with van der Waals surface area (Å²) in [7, 11) is 2.48. The maximum absolute atomic E-state index is 9.08. The molecule has 0 bridgehead atoms. The molecule has 0 aromatic carbocycles. The van der Waals surface area contributed by atoms with Crippen molar-refractivity contribution in [3.63, 3.8) is 0 Å². The van der Waals surface area contributed by atoms with Crippen molar-refractivity contribution in [2.45, 2.75) is 13.0 Å². The van der Waals surface area contributed by atoms with Gasteiger partial charge in [0.05, 0.1) is 12.7 Å². The van der Waals surface area contributed by atoms with Crippen LogP contribution in [0.15, 0.2) is 35.8 Å². The zero-order valence-corrected chi connectivity index (χ0v) is 9.61. The van der Waals surface area contributed by atoms with Crippen molar-refractivity contribution < 1.29 is 10.2 Å². The van der Waals surface area contributed by atoms with Crippen LogP contribution in [0.3, 0.4) is 0 Å². The van der Waals surface area contributed by atoms with Gasteiger partial charge in [-0.3, -0.25) is 0 Å². The maximum Gasteiger partial charge on any atom is 0.0942 e. The van der Waals surface area contributed by atoms with Gasteiger partial charge in [0.25, 0.3) is 0 Å². The molecule has 2 unspecified atom stereocenters. The molecule has 2 atom stereocenters. The Morgan fingerprint density at radius 3 is 2.57 bits per heavy atom. The molecular weight excluding hydrogens is 197 g/mol. The first-order valence-electron chi connectivity index (χ1n) is 4.32. The van der Waals surface area contributed by atoms with Crippen molar-refractivity contribution in [3.8, 4) is 0 Å². The first kappa shape index (κ1) is 13.4. The number of aliphatic hydroxyl groups is 2. The lowest BCUT2D eigenvalue weighted by Gasteiger charge is -2.12. The molecule has 0 rings (SSSR count). The summed E-state index contributed by atoms with van der Waals surface area (Å²) in [6, 6.07) is 0. The summed E-state index contributed by atoms with van der Waals surface area (Å²) in [4.78, 5) is 0. The smallest absolute Gasteiger partial charge is 0.0942 e. The number of allylic oxidation sites excluding steroid dienone is 3. The van der Waals surface area contributed by atoms with E-state index in [1.165, 1.54) is 0 Å². The molecule has 0 fully saturated rings. The van der Waals surface area contributed by atoms with Crippen molar-refractivity contribution in [2.24, 2.45) is 0 Å². The first-order chi connectivity index (χ1) is 6.47. The Bertz CT molecular complexity index is 249. The van der Waals surface area contributed by atoms with Gasteiger partial charge in [-0.15, -0.1) is 9.24 Å². The Balaban J connectivity index is 4.03. The molecule has 0 saturated carbocycles. The van der Waals surface area contributed by atoms with Crippen molar-refractivity contribution in [3.05, 3.63) is 35.8 Å². The summed E-state index contributed by atoms with van der Waals surface area (Å²) in [5.41, 5.74) is 1.68. The van der Waals surface area contributed by atoms with Crippen molar-refractivity contribution in [2.75, 3.05) is 13.2 Å². The Kier molecular flexibility index (Phi) is 6.46. The molecule has 0 aromatic rings. The van der Waals surface area contributed by atoms with Crippen molar-refractivity contribution >= 4 is 9.24 Å². The van der Waals surface area contributed by atoms with E-state index in [4.69, 9.17) is 10.2 Å². The Morgan fingerprint density at radius 1 is 1.57 bits per heavy atom. The largest absolute Gasteiger partial charge is 0.394 e. The first-order valence-corrected chi connectivity index (χ1v) is 4.89. The van der Waals surface area contributed by atoms with Gasteiger partial charge in [0.2, 0.25) is 0 Å². The highest BCUT2D eigenvalue weighted by Gasteiger charge is 2.02. The zero-order chi connectivity index (χ0) is 11.1. The van der Waals surface area contributed by atoms with E-state index in [1.54, 1.807) is 0 Å². The molecule has 0 heterocycles. The summed E-state index contributed by atoms with van der Waals surface area (Å²) in [6.07, 6.45) is 1.12. The Labute approximate surface area is 87.4 Å². The van der Waals surface area contributed by atoms with E-state index in [0.717, 1.165) is 16.6 Å². The predicted octanol–water partition coefficient (Wildman–Crippen LogP) is 0.778. The summed E-state index contributed by atoms with van der Waals surface area (Å²) < 4.78 is 0. The van der Waals surface area contributed by atoms with E-state index in [0.29, 0.717) is 6.54 Å². The van der Waals surface area contributed by atoms with Gasteiger partial charge in [-0.05, 0) is 17.8 Å². The fraction of sp³-hybridized carbons (Fsp3) is 0.400. The van der Waals surface area contributed by atoms with Crippen LogP contribution in [-0.2, 0) is 0 Å². The number of aliphatic hydroxyl groups excluding tert-OH is 2. The normalized spacial score (nSPS) is 13.6. The van der Waals surface area contributed by atoms with E-state index >= 15 is 0 Å². The van der Waals surface area contributed by atoms with Crippen LogP contribution in [-0.4, -0.2) is 29.5 Å². The van der Waals surface area contributed by atoms with Crippen LogP contribution < -0.4 is 5.32 Å². The average molecular weight is 215 g/mol. The summed E-state index contributed by atoms with van der Waals surface area (Å²) in [5, 5.41) is 21.4. The van der Waals surface area contributed by atoms with Crippen LogP contribution in [0.1, 0.15) is 6.92 Å². The second kappa shape index (κ2) is 6.77. The molecular formula is C10H18NO2P. The van der Waals surface area contributed by atoms with Gasteiger partial charge < -0.3 is 15.5 Å². The fourth-order valence-electron chi connectivity index (χ4n) is 0.810. The minimum absolute atomic E-state index is 0.251. The van der Waals surface area contributed by atoms with E-state index in [1.807, 2.05) is 13.0 Å². The highest BCUT2D eigenvalue weighted by molar-refractivity contribution is 7.22. The average Bonchev–Trinajstić information content (AvgIpc) is 2.12. The molecule has 3 nitrogen and oxygen atoms in total. The predicted molar refractivity (Wildman–Crippen MR) is 62.8 cm³/mol. The fourth-order valence-corrected chi connectivity index (χ4v) is 1.06. The van der Waals surface area contributed by atoms with Crippen LogP contribution in [0.5, 0.6) is 0 Å². The molecule has 0 amide bonds.